The molecular formula is C21H26ClN3O3S2. The number of halogens is 1. The molecule has 1 aliphatic heterocycles. The van der Waals surface area contributed by atoms with E-state index in [1.165, 1.54) is 18.0 Å². The second kappa shape index (κ2) is 10.1. The average Bonchev–Trinajstić information content (AvgIpc) is 3.01. The Hall–Kier alpha value is -1.61. The topological polar surface area (TPSA) is 79.4 Å². The molecule has 1 fully saturated rings. The van der Waals surface area contributed by atoms with Crippen LogP contribution in [0.5, 0.6) is 0 Å². The standard InChI is InChI=1S/C21H26ClN3O3S2/c1-15-7-8-17(22)13-19(15)24-21(26)16(2)29-20-10-9-18(14-23-20)30(27,28)25-11-5-3-4-6-12-25/h7-10,13-14,16H,3-6,11-12H2,1-2H3,(H,24,26). The highest BCUT2D eigenvalue weighted by Crippen LogP contribution is 2.26. The lowest BCUT2D eigenvalue weighted by atomic mass is 10.2. The van der Waals surface area contributed by atoms with Crippen molar-refractivity contribution in [2.45, 2.75) is 54.7 Å². The molecule has 30 heavy (non-hydrogen) atoms. The van der Waals surface area contributed by atoms with Crippen LogP contribution >= 0.6 is 23.4 Å². The number of rotatable bonds is 6. The molecule has 0 spiro atoms. The summed E-state index contributed by atoms with van der Waals surface area (Å²) < 4.78 is 27.2. The van der Waals surface area contributed by atoms with Gasteiger partial charge in [0.2, 0.25) is 15.9 Å². The van der Waals surface area contributed by atoms with Crippen LogP contribution < -0.4 is 5.32 Å². The Kier molecular flexibility index (Phi) is 7.79. The summed E-state index contributed by atoms with van der Waals surface area (Å²) in [6, 6.07) is 8.56. The molecule has 2 aromatic rings. The third-order valence-corrected chi connectivity index (χ3v) is 8.20. The number of pyridine rings is 1. The maximum Gasteiger partial charge on any atom is 0.244 e. The first-order valence-electron chi connectivity index (χ1n) is 9.97. The van der Waals surface area contributed by atoms with Gasteiger partial charge in [0.25, 0.3) is 0 Å². The first-order valence-corrected chi connectivity index (χ1v) is 12.7. The first kappa shape index (κ1) is 23.1. The van der Waals surface area contributed by atoms with Crippen molar-refractivity contribution in [1.82, 2.24) is 9.29 Å². The van der Waals surface area contributed by atoms with Gasteiger partial charge in [-0.25, -0.2) is 13.4 Å². The Morgan fingerprint density at radius 1 is 1.17 bits per heavy atom. The van der Waals surface area contributed by atoms with Gasteiger partial charge in [-0.1, -0.05) is 42.3 Å². The number of carbonyl (C=O) groups excluding carboxylic acids is 1. The molecule has 6 nitrogen and oxygen atoms in total. The highest BCUT2D eigenvalue weighted by atomic mass is 35.5. The van der Waals surface area contributed by atoms with Crippen molar-refractivity contribution in [1.29, 1.82) is 0 Å². The van der Waals surface area contributed by atoms with Gasteiger partial charge in [-0.3, -0.25) is 4.79 Å². The van der Waals surface area contributed by atoms with Crippen molar-refractivity contribution in [3.8, 4) is 0 Å². The molecule has 162 valence electrons. The molecule has 0 aliphatic carbocycles. The van der Waals surface area contributed by atoms with Gasteiger partial charge in [0.05, 0.1) is 10.3 Å². The smallest absolute Gasteiger partial charge is 0.244 e. The highest BCUT2D eigenvalue weighted by molar-refractivity contribution is 8.00. The van der Waals surface area contributed by atoms with Gasteiger partial charge in [-0.2, -0.15) is 4.31 Å². The third-order valence-electron chi connectivity index (χ3n) is 5.04. The Labute approximate surface area is 187 Å². The molecule has 2 heterocycles. The molecule has 1 N–H and O–H groups in total. The second-order valence-corrected chi connectivity index (χ2v) is 11.1. The van der Waals surface area contributed by atoms with Crippen LogP contribution in [0.25, 0.3) is 0 Å². The van der Waals surface area contributed by atoms with E-state index < -0.39 is 15.3 Å². The number of nitrogens with one attached hydrogen (secondary N) is 1. The lowest BCUT2D eigenvalue weighted by molar-refractivity contribution is -0.115. The van der Waals surface area contributed by atoms with Crippen LogP contribution in [0.4, 0.5) is 5.69 Å². The summed E-state index contributed by atoms with van der Waals surface area (Å²) in [7, 11) is -3.53. The minimum Gasteiger partial charge on any atom is -0.325 e. The number of sulfonamides is 1. The number of thioether (sulfide) groups is 1. The number of hydrogen-bond donors (Lipinski definition) is 1. The van der Waals surface area contributed by atoms with E-state index in [4.69, 9.17) is 11.6 Å². The van der Waals surface area contributed by atoms with Gasteiger partial charge in [0, 0.05) is 30.0 Å². The molecule has 1 unspecified atom stereocenters. The maximum absolute atomic E-state index is 12.8. The van der Waals surface area contributed by atoms with E-state index >= 15 is 0 Å². The number of benzene rings is 1. The Morgan fingerprint density at radius 2 is 1.87 bits per heavy atom. The van der Waals surface area contributed by atoms with Gasteiger partial charge in [-0.05, 0) is 56.5 Å². The minimum atomic E-state index is -3.53. The summed E-state index contributed by atoms with van der Waals surface area (Å²) in [5, 5.41) is 3.62. The van der Waals surface area contributed by atoms with Gasteiger partial charge >= 0.3 is 0 Å². The zero-order valence-corrected chi connectivity index (χ0v) is 19.5. The van der Waals surface area contributed by atoms with Crippen LogP contribution in [0.3, 0.4) is 0 Å². The fourth-order valence-corrected chi connectivity index (χ4v) is 5.64. The summed E-state index contributed by atoms with van der Waals surface area (Å²) in [6.07, 6.45) is 5.29. The predicted molar refractivity (Wildman–Crippen MR) is 122 cm³/mol. The largest absolute Gasteiger partial charge is 0.325 e. The van der Waals surface area contributed by atoms with E-state index in [1.54, 1.807) is 35.5 Å². The number of aryl methyl sites for hydroxylation is 1. The van der Waals surface area contributed by atoms with E-state index in [-0.39, 0.29) is 10.8 Å². The van der Waals surface area contributed by atoms with E-state index in [9.17, 15) is 13.2 Å². The van der Waals surface area contributed by atoms with Crippen LogP contribution in [0.2, 0.25) is 5.02 Å². The predicted octanol–water partition coefficient (Wildman–Crippen LogP) is 4.73. The fourth-order valence-electron chi connectivity index (χ4n) is 3.22. The van der Waals surface area contributed by atoms with E-state index in [0.717, 1.165) is 31.2 Å². The highest BCUT2D eigenvalue weighted by Gasteiger charge is 2.25. The number of hydrogen-bond acceptors (Lipinski definition) is 5. The molecule has 0 saturated carbocycles. The lowest BCUT2D eigenvalue weighted by Crippen LogP contribution is -2.32. The van der Waals surface area contributed by atoms with E-state index in [0.29, 0.717) is 28.8 Å². The molecule has 1 aromatic heterocycles. The van der Waals surface area contributed by atoms with Crippen LogP contribution in [-0.4, -0.2) is 42.0 Å². The van der Waals surface area contributed by atoms with Gasteiger partial charge in [-0.15, -0.1) is 0 Å². The summed E-state index contributed by atoms with van der Waals surface area (Å²) in [4.78, 5) is 17.0. The van der Waals surface area contributed by atoms with Crippen LogP contribution in [-0.2, 0) is 14.8 Å². The van der Waals surface area contributed by atoms with Crippen LogP contribution in [0, 0.1) is 6.92 Å². The van der Waals surface area contributed by atoms with Crippen molar-refractivity contribution < 1.29 is 13.2 Å². The Morgan fingerprint density at radius 3 is 2.50 bits per heavy atom. The average molecular weight is 468 g/mol. The van der Waals surface area contributed by atoms with Gasteiger partial charge in [0.1, 0.15) is 4.90 Å². The zero-order valence-electron chi connectivity index (χ0n) is 17.1. The molecule has 1 saturated heterocycles. The van der Waals surface area contributed by atoms with Crippen molar-refractivity contribution in [2.24, 2.45) is 0 Å². The van der Waals surface area contributed by atoms with Gasteiger partial charge < -0.3 is 5.32 Å². The normalized spacial score (nSPS) is 16.6. The zero-order chi connectivity index (χ0) is 21.7. The first-order chi connectivity index (χ1) is 14.3. The molecule has 1 atom stereocenters. The molecule has 0 radical (unpaired) electrons. The summed E-state index contributed by atoms with van der Waals surface area (Å²) in [5.41, 5.74) is 1.60. The summed E-state index contributed by atoms with van der Waals surface area (Å²) in [5.74, 6) is -0.173. The molecular weight excluding hydrogens is 442 g/mol. The number of anilines is 1. The van der Waals surface area contributed by atoms with Gasteiger partial charge in [0.15, 0.2) is 0 Å². The molecule has 1 aromatic carbocycles. The van der Waals surface area contributed by atoms with Crippen molar-refractivity contribution >= 4 is 45.0 Å². The second-order valence-electron chi connectivity index (χ2n) is 7.36. The molecule has 0 bridgehead atoms. The Bertz CT molecular complexity index is 989. The van der Waals surface area contributed by atoms with Crippen LogP contribution in [0.15, 0.2) is 46.5 Å². The minimum absolute atomic E-state index is 0.173. The number of amides is 1. The van der Waals surface area contributed by atoms with E-state index in [1.807, 2.05) is 13.0 Å². The molecule has 9 heteroatoms. The summed E-state index contributed by atoms with van der Waals surface area (Å²) >= 11 is 7.28. The molecule has 1 aliphatic rings. The number of aromatic nitrogens is 1. The summed E-state index contributed by atoms with van der Waals surface area (Å²) in [6.45, 7) is 4.79. The number of carbonyl (C=O) groups is 1. The van der Waals surface area contributed by atoms with E-state index in [2.05, 4.69) is 10.3 Å². The fraction of sp³-hybridized carbons (Fsp3) is 0.429. The monoisotopic (exact) mass is 467 g/mol. The third kappa shape index (κ3) is 5.75. The molecule has 1 amide bonds. The maximum atomic E-state index is 12.8. The molecule has 3 rings (SSSR count). The Balaban J connectivity index is 1.64. The lowest BCUT2D eigenvalue weighted by Gasteiger charge is -2.19. The SMILES string of the molecule is Cc1ccc(Cl)cc1NC(=O)C(C)Sc1ccc(S(=O)(=O)N2CCCCCC2)cn1. The quantitative estimate of drug-likeness (QED) is 0.621. The van der Waals surface area contributed by atoms with Crippen molar-refractivity contribution in [3.63, 3.8) is 0 Å². The van der Waals surface area contributed by atoms with Crippen LogP contribution in [0.1, 0.15) is 38.2 Å². The van der Waals surface area contributed by atoms with Crippen molar-refractivity contribution in [3.05, 3.63) is 47.1 Å². The number of nitrogens with zero attached hydrogens (tertiary/aromatic N) is 2. The van der Waals surface area contributed by atoms with Crippen molar-refractivity contribution in [2.75, 3.05) is 18.4 Å².